The van der Waals surface area contributed by atoms with Crippen molar-refractivity contribution >= 4 is 27.5 Å². The van der Waals surface area contributed by atoms with Crippen LogP contribution in [0.2, 0.25) is 0 Å². The smallest absolute Gasteiger partial charge is 0.249 e. The van der Waals surface area contributed by atoms with Crippen LogP contribution in [0.4, 0.5) is 10.1 Å². The van der Waals surface area contributed by atoms with Crippen molar-refractivity contribution in [1.29, 1.82) is 0 Å². The number of hydrogen-bond acceptors (Lipinski definition) is 5. The van der Waals surface area contributed by atoms with Gasteiger partial charge in [-0.25, -0.2) is 17.5 Å². The summed E-state index contributed by atoms with van der Waals surface area (Å²) in [7, 11) is -0.908. The van der Waals surface area contributed by atoms with Crippen LogP contribution in [-0.4, -0.2) is 47.0 Å². The molecule has 0 heterocycles. The number of nitrogens with one attached hydrogen (secondary N) is 2. The largest absolute Gasteiger partial charge is 0.497 e. The Balaban J connectivity index is 1.72. The van der Waals surface area contributed by atoms with Gasteiger partial charge in [0.15, 0.2) is 0 Å². The molecule has 3 aromatic carbocycles. The summed E-state index contributed by atoms with van der Waals surface area (Å²) in [5.41, 5.74) is 1.42. The van der Waals surface area contributed by atoms with E-state index < -0.39 is 34.3 Å². The van der Waals surface area contributed by atoms with Crippen molar-refractivity contribution in [2.24, 2.45) is 0 Å². The van der Waals surface area contributed by atoms with E-state index in [1.165, 1.54) is 4.90 Å². The first-order valence-electron chi connectivity index (χ1n) is 10.7. The lowest BCUT2D eigenvalue weighted by molar-refractivity contribution is -0.126. The van der Waals surface area contributed by atoms with E-state index in [1.807, 2.05) is 30.3 Å². The van der Waals surface area contributed by atoms with Gasteiger partial charge in [0.2, 0.25) is 21.8 Å². The van der Waals surface area contributed by atoms with Crippen LogP contribution in [0, 0.1) is 5.82 Å². The summed E-state index contributed by atoms with van der Waals surface area (Å²) in [5, 5.41) is 2.63. The van der Waals surface area contributed by atoms with Crippen molar-refractivity contribution in [3.8, 4) is 5.75 Å². The summed E-state index contributed by atoms with van der Waals surface area (Å²) in [6.07, 6.45) is 0.205. The number of rotatable bonds is 10. The number of hydrogen-bond donors (Lipinski definition) is 2. The van der Waals surface area contributed by atoms with Gasteiger partial charge in [-0.1, -0.05) is 30.3 Å². The predicted octanol–water partition coefficient (Wildman–Crippen LogP) is 2.50. The van der Waals surface area contributed by atoms with E-state index >= 15 is 0 Å². The molecule has 0 aliphatic heterocycles. The maximum atomic E-state index is 13.3. The molecule has 10 heteroatoms. The van der Waals surface area contributed by atoms with Crippen LogP contribution in [0.15, 0.2) is 83.8 Å². The Kier molecular flexibility index (Phi) is 8.56. The highest BCUT2D eigenvalue weighted by Crippen LogP contribution is 2.19. The first-order chi connectivity index (χ1) is 16.7. The Morgan fingerprint density at radius 1 is 0.971 bits per heavy atom. The number of sulfonamides is 1. The van der Waals surface area contributed by atoms with Crippen LogP contribution < -0.4 is 19.7 Å². The molecule has 0 aliphatic rings. The van der Waals surface area contributed by atoms with Crippen molar-refractivity contribution in [1.82, 2.24) is 10.0 Å². The molecule has 184 valence electrons. The van der Waals surface area contributed by atoms with E-state index in [2.05, 4.69) is 10.0 Å². The van der Waals surface area contributed by atoms with Gasteiger partial charge in [-0.3, -0.25) is 9.59 Å². The zero-order chi connectivity index (χ0) is 25.4. The summed E-state index contributed by atoms with van der Waals surface area (Å²) < 4.78 is 45.2. The minimum Gasteiger partial charge on any atom is -0.497 e. The van der Waals surface area contributed by atoms with Gasteiger partial charge in [-0.15, -0.1) is 0 Å². The van der Waals surface area contributed by atoms with E-state index in [9.17, 15) is 22.4 Å². The Bertz CT molecular complexity index is 1250. The molecule has 1 atom stereocenters. The molecule has 0 saturated heterocycles. The Labute approximate surface area is 203 Å². The first kappa shape index (κ1) is 25.9. The molecule has 0 fully saturated rings. The number of methoxy groups -OCH3 is 1. The number of halogens is 1. The van der Waals surface area contributed by atoms with Crippen LogP contribution >= 0.6 is 0 Å². The third-order valence-corrected chi connectivity index (χ3v) is 6.67. The highest BCUT2D eigenvalue weighted by molar-refractivity contribution is 7.89. The van der Waals surface area contributed by atoms with Crippen molar-refractivity contribution in [2.75, 3.05) is 25.6 Å². The zero-order valence-electron chi connectivity index (χ0n) is 19.3. The Hall–Kier alpha value is -3.76. The van der Waals surface area contributed by atoms with Crippen molar-refractivity contribution in [3.63, 3.8) is 0 Å². The van der Waals surface area contributed by atoms with Gasteiger partial charge < -0.3 is 15.0 Å². The fourth-order valence-corrected chi connectivity index (χ4v) is 4.30. The maximum absolute atomic E-state index is 13.3. The SMILES string of the molecule is COc1ccc(N(C)C(=O)[C@H](Cc2ccccc2)NC(=O)CNS(=O)(=O)c2ccc(F)cc2)cc1. The van der Waals surface area contributed by atoms with Crippen molar-refractivity contribution < 1.29 is 27.1 Å². The molecule has 0 radical (unpaired) electrons. The number of carbonyl (C=O) groups excluding carboxylic acids is 2. The van der Waals surface area contributed by atoms with Crippen LogP contribution in [0.5, 0.6) is 5.75 Å². The lowest BCUT2D eigenvalue weighted by Gasteiger charge is -2.25. The standard InChI is InChI=1S/C25H26FN3O5S/c1-29(20-10-12-21(34-2)13-11-20)25(31)23(16-18-6-4-3-5-7-18)28-24(30)17-27-35(32,33)22-14-8-19(26)9-15-22/h3-15,23,27H,16-17H2,1-2H3,(H,28,30)/t23-/m0/s1. The van der Waals surface area contributed by atoms with Crippen LogP contribution in [-0.2, 0) is 26.0 Å². The monoisotopic (exact) mass is 499 g/mol. The quantitative estimate of drug-likeness (QED) is 0.446. The zero-order valence-corrected chi connectivity index (χ0v) is 20.1. The minimum atomic E-state index is -4.04. The van der Waals surface area contributed by atoms with Gasteiger partial charge in [-0.2, -0.15) is 0 Å². The molecule has 8 nitrogen and oxygen atoms in total. The fourth-order valence-electron chi connectivity index (χ4n) is 3.32. The summed E-state index contributed by atoms with van der Waals surface area (Å²) in [4.78, 5) is 27.2. The average molecular weight is 500 g/mol. The number of carbonyl (C=O) groups is 2. The molecule has 0 aromatic heterocycles. The molecule has 2 amide bonds. The Morgan fingerprint density at radius 3 is 2.20 bits per heavy atom. The maximum Gasteiger partial charge on any atom is 0.249 e. The van der Waals surface area contributed by atoms with Crippen molar-refractivity contribution in [3.05, 3.63) is 90.2 Å². The van der Waals surface area contributed by atoms with E-state index in [0.717, 1.165) is 29.8 Å². The molecular formula is C25H26FN3O5S. The van der Waals surface area contributed by atoms with Gasteiger partial charge in [0.05, 0.1) is 18.6 Å². The van der Waals surface area contributed by atoms with E-state index in [0.29, 0.717) is 11.4 Å². The number of likely N-dealkylation sites (N-methyl/N-ethyl adjacent to an activating group) is 1. The Morgan fingerprint density at radius 2 is 1.60 bits per heavy atom. The number of ether oxygens (including phenoxy) is 1. The number of anilines is 1. The summed E-state index contributed by atoms with van der Waals surface area (Å²) in [6, 6.07) is 19.3. The van der Waals surface area contributed by atoms with Gasteiger partial charge in [0, 0.05) is 19.2 Å². The van der Waals surface area contributed by atoms with Crippen molar-refractivity contribution in [2.45, 2.75) is 17.4 Å². The third-order valence-electron chi connectivity index (χ3n) is 5.25. The molecule has 2 N–H and O–H groups in total. The lowest BCUT2D eigenvalue weighted by atomic mass is 10.0. The molecule has 35 heavy (non-hydrogen) atoms. The normalized spacial score (nSPS) is 12.0. The third kappa shape index (κ3) is 7.11. The van der Waals surface area contributed by atoms with E-state index in [1.54, 1.807) is 38.4 Å². The molecule has 0 spiro atoms. The number of amides is 2. The molecular weight excluding hydrogens is 473 g/mol. The topological polar surface area (TPSA) is 105 Å². The molecule has 0 unspecified atom stereocenters. The summed E-state index contributed by atoms with van der Waals surface area (Å²) in [5.74, 6) is -1.01. The molecule has 3 aromatic rings. The van der Waals surface area contributed by atoms with Gasteiger partial charge in [0.1, 0.15) is 17.6 Å². The second-order valence-corrected chi connectivity index (χ2v) is 9.45. The number of benzene rings is 3. The predicted molar refractivity (Wildman–Crippen MR) is 130 cm³/mol. The number of nitrogens with zero attached hydrogens (tertiary/aromatic N) is 1. The average Bonchev–Trinajstić information content (AvgIpc) is 2.87. The van der Waals surface area contributed by atoms with E-state index in [-0.39, 0.29) is 17.2 Å². The lowest BCUT2D eigenvalue weighted by Crippen LogP contribution is -2.51. The first-order valence-corrected chi connectivity index (χ1v) is 12.2. The molecule has 0 aliphatic carbocycles. The summed E-state index contributed by atoms with van der Waals surface area (Å²) >= 11 is 0. The second kappa shape index (κ2) is 11.6. The molecule has 0 saturated carbocycles. The van der Waals surface area contributed by atoms with Crippen LogP contribution in [0.1, 0.15) is 5.56 Å². The van der Waals surface area contributed by atoms with E-state index in [4.69, 9.17) is 4.74 Å². The van der Waals surface area contributed by atoms with Crippen LogP contribution in [0.3, 0.4) is 0 Å². The van der Waals surface area contributed by atoms with Gasteiger partial charge >= 0.3 is 0 Å². The highest BCUT2D eigenvalue weighted by Gasteiger charge is 2.26. The van der Waals surface area contributed by atoms with Crippen LogP contribution in [0.25, 0.3) is 0 Å². The minimum absolute atomic E-state index is 0.178. The van der Waals surface area contributed by atoms with Gasteiger partial charge in [0.25, 0.3) is 0 Å². The summed E-state index contributed by atoms with van der Waals surface area (Å²) in [6.45, 7) is -0.593. The highest BCUT2D eigenvalue weighted by atomic mass is 32.2. The second-order valence-electron chi connectivity index (χ2n) is 7.68. The fraction of sp³-hybridized carbons (Fsp3) is 0.200. The molecule has 3 rings (SSSR count). The molecule has 0 bridgehead atoms. The van der Waals surface area contributed by atoms with Gasteiger partial charge in [-0.05, 0) is 54.1 Å².